The molecule has 1 aromatic carbocycles. The van der Waals surface area contributed by atoms with Crippen molar-refractivity contribution in [2.45, 2.75) is 25.8 Å². The highest BCUT2D eigenvalue weighted by atomic mass is 32.1. The second-order valence-corrected chi connectivity index (χ2v) is 5.84. The molecule has 1 aliphatic carbocycles. The highest BCUT2D eigenvalue weighted by Gasteiger charge is 2.29. The minimum absolute atomic E-state index is 0.140. The fourth-order valence-corrected chi connectivity index (χ4v) is 2.65. The number of nitrogens with zero attached hydrogens (tertiary/aromatic N) is 1. The molecule has 4 nitrogen and oxygen atoms in total. The summed E-state index contributed by atoms with van der Waals surface area (Å²) in [5, 5.41) is 8.37. The Hall–Kier alpha value is -1.88. The van der Waals surface area contributed by atoms with E-state index in [0.29, 0.717) is 0 Å². The number of amides is 1. The number of hydrogen-bond acceptors (Lipinski definition) is 4. The minimum atomic E-state index is 0.140. The summed E-state index contributed by atoms with van der Waals surface area (Å²) in [6.45, 7) is 2.08. The molecule has 1 aromatic heterocycles. The van der Waals surface area contributed by atoms with Gasteiger partial charge in [0.2, 0.25) is 5.91 Å². The van der Waals surface area contributed by atoms with Crippen LogP contribution >= 0.6 is 11.3 Å². The number of anilines is 2. The molecule has 5 heteroatoms. The molecule has 1 unspecified atom stereocenters. The third kappa shape index (κ3) is 3.17. The van der Waals surface area contributed by atoms with Crippen LogP contribution in [-0.2, 0) is 4.79 Å². The van der Waals surface area contributed by atoms with Gasteiger partial charge in [-0.05, 0) is 44.0 Å². The van der Waals surface area contributed by atoms with Gasteiger partial charge in [0.1, 0.15) is 0 Å². The first kappa shape index (κ1) is 13.1. The lowest BCUT2D eigenvalue weighted by Crippen LogP contribution is -2.13. The molecular weight excluding hydrogens is 270 g/mol. The van der Waals surface area contributed by atoms with E-state index in [1.807, 2.05) is 35.2 Å². The fourth-order valence-electron chi connectivity index (χ4n) is 2.00. The van der Waals surface area contributed by atoms with Crippen molar-refractivity contribution in [1.29, 1.82) is 0 Å². The molecular formula is C15H17N3OS. The van der Waals surface area contributed by atoms with Gasteiger partial charge in [0.05, 0.1) is 17.2 Å². The van der Waals surface area contributed by atoms with Crippen molar-refractivity contribution in [1.82, 2.24) is 4.98 Å². The van der Waals surface area contributed by atoms with E-state index in [4.69, 9.17) is 0 Å². The van der Waals surface area contributed by atoms with Crippen LogP contribution in [-0.4, -0.2) is 10.9 Å². The fraction of sp³-hybridized carbons (Fsp3) is 0.333. The van der Waals surface area contributed by atoms with Crippen LogP contribution in [0.15, 0.2) is 35.2 Å². The maximum absolute atomic E-state index is 11.7. The van der Waals surface area contributed by atoms with E-state index < -0.39 is 0 Å². The molecule has 2 N–H and O–H groups in total. The Morgan fingerprint density at radius 2 is 2.00 bits per heavy atom. The van der Waals surface area contributed by atoms with Crippen LogP contribution in [0.2, 0.25) is 0 Å². The number of nitrogens with one attached hydrogen (secondary N) is 2. The summed E-state index contributed by atoms with van der Waals surface area (Å²) in [7, 11) is 0. The van der Waals surface area contributed by atoms with Gasteiger partial charge in [-0.2, -0.15) is 0 Å². The highest BCUT2D eigenvalue weighted by Crippen LogP contribution is 2.30. The molecule has 0 bridgehead atoms. The van der Waals surface area contributed by atoms with Gasteiger partial charge in [0.25, 0.3) is 0 Å². The molecule has 1 atom stereocenters. The number of aromatic nitrogens is 1. The van der Waals surface area contributed by atoms with E-state index in [-0.39, 0.29) is 17.9 Å². The van der Waals surface area contributed by atoms with Crippen molar-refractivity contribution in [3.8, 4) is 0 Å². The maximum atomic E-state index is 11.7. The summed E-state index contributed by atoms with van der Waals surface area (Å²) in [5.41, 5.74) is 4.76. The molecule has 0 saturated heterocycles. The van der Waals surface area contributed by atoms with Crippen molar-refractivity contribution in [2.75, 3.05) is 10.6 Å². The first-order valence-corrected chi connectivity index (χ1v) is 7.72. The lowest BCUT2D eigenvalue weighted by atomic mass is 10.2. The van der Waals surface area contributed by atoms with Crippen molar-refractivity contribution < 1.29 is 4.79 Å². The second kappa shape index (κ2) is 5.63. The first-order chi connectivity index (χ1) is 9.72. The Kier molecular flexibility index (Phi) is 3.69. The number of carbonyl (C=O) groups excluding carboxylic acids is 1. The molecule has 3 rings (SSSR count). The van der Waals surface area contributed by atoms with Crippen LogP contribution in [0.5, 0.6) is 0 Å². The van der Waals surface area contributed by atoms with Gasteiger partial charge in [0.15, 0.2) is 0 Å². The highest BCUT2D eigenvalue weighted by molar-refractivity contribution is 7.07. The number of carbonyl (C=O) groups is 1. The molecule has 0 aliphatic heterocycles. The number of benzene rings is 1. The summed E-state index contributed by atoms with van der Waals surface area (Å²) >= 11 is 1.60. The lowest BCUT2D eigenvalue weighted by molar-refractivity contribution is -0.117. The molecule has 1 saturated carbocycles. The van der Waals surface area contributed by atoms with Crippen LogP contribution in [0.4, 0.5) is 11.4 Å². The minimum Gasteiger partial charge on any atom is -0.377 e. The summed E-state index contributed by atoms with van der Waals surface area (Å²) in [5.74, 6) is 0.374. The Labute approximate surface area is 122 Å². The van der Waals surface area contributed by atoms with Gasteiger partial charge in [-0.3, -0.25) is 4.79 Å². The van der Waals surface area contributed by atoms with Gasteiger partial charge >= 0.3 is 0 Å². The monoisotopic (exact) mass is 287 g/mol. The van der Waals surface area contributed by atoms with E-state index in [1.165, 1.54) is 0 Å². The quantitative estimate of drug-likeness (QED) is 0.882. The molecule has 1 fully saturated rings. The molecule has 1 heterocycles. The Morgan fingerprint density at radius 1 is 1.30 bits per heavy atom. The summed E-state index contributed by atoms with van der Waals surface area (Å²) in [6, 6.07) is 7.98. The molecule has 0 spiro atoms. The van der Waals surface area contributed by atoms with Crippen LogP contribution in [0.3, 0.4) is 0 Å². The smallest absolute Gasteiger partial charge is 0.227 e. The predicted molar refractivity (Wildman–Crippen MR) is 81.9 cm³/mol. The average Bonchev–Trinajstić information content (AvgIpc) is 3.16. The van der Waals surface area contributed by atoms with E-state index in [1.54, 1.807) is 11.3 Å². The summed E-state index contributed by atoms with van der Waals surface area (Å²) in [4.78, 5) is 16.0. The zero-order valence-corrected chi connectivity index (χ0v) is 12.1. The van der Waals surface area contributed by atoms with Gasteiger partial charge in [0, 0.05) is 22.7 Å². The van der Waals surface area contributed by atoms with Crippen molar-refractivity contribution in [3.05, 3.63) is 40.8 Å². The van der Waals surface area contributed by atoms with Crippen LogP contribution in [0, 0.1) is 5.92 Å². The SMILES string of the molecule is CC(Nc1ccc(NC(=O)C2CC2)cc1)c1cscn1. The maximum Gasteiger partial charge on any atom is 0.227 e. The van der Waals surface area contributed by atoms with Crippen molar-refractivity contribution >= 4 is 28.6 Å². The summed E-state index contributed by atoms with van der Waals surface area (Å²) in [6.07, 6.45) is 2.05. The predicted octanol–water partition coefficient (Wildman–Crippen LogP) is 3.66. The van der Waals surface area contributed by atoms with E-state index >= 15 is 0 Å². The van der Waals surface area contributed by atoms with Crippen molar-refractivity contribution in [3.63, 3.8) is 0 Å². The standard InChI is InChI=1S/C15H17N3OS/c1-10(14-8-20-9-16-14)17-12-4-6-13(7-5-12)18-15(19)11-2-3-11/h4-11,17H,2-3H2,1H3,(H,18,19). The largest absolute Gasteiger partial charge is 0.377 e. The van der Waals surface area contributed by atoms with Crippen LogP contribution in [0.25, 0.3) is 0 Å². The first-order valence-electron chi connectivity index (χ1n) is 6.78. The number of thiazole rings is 1. The summed E-state index contributed by atoms with van der Waals surface area (Å²) < 4.78 is 0. The third-order valence-corrected chi connectivity index (χ3v) is 3.98. The van der Waals surface area contributed by atoms with E-state index in [0.717, 1.165) is 29.9 Å². The molecule has 104 valence electrons. The topological polar surface area (TPSA) is 54.0 Å². The molecule has 1 aliphatic rings. The number of hydrogen-bond donors (Lipinski definition) is 2. The molecule has 20 heavy (non-hydrogen) atoms. The van der Waals surface area contributed by atoms with Gasteiger partial charge < -0.3 is 10.6 Å². The lowest BCUT2D eigenvalue weighted by Gasteiger charge is -2.13. The van der Waals surface area contributed by atoms with Gasteiger partial charge in [-0.25, -0.2) is 4.98 Å². The van der Waals surface area contributed by atoms with E-state index in [2.05, 4.69) is 22.5 Å². The van der Waals surface area contributed by atoms with Crippen molar-refractivity contribution in [2.24, 2.45) is 5.92 Å². The van der Waals surface area contributed by atoms with Crippen LogP contribution in [0.1, 0.15) is 31.5 Å². The third-order valence-electron chi connectivity index (χ3n) is 3.38. The zero-order chi connectivity index (χ0) is 13.9. The Balaban J connectivity index is 1.59. The molecule has 2 aromatic rings. The number of rotatable bonds is 5. The Bertz CT molecular complexity index is 576. The molecule has 0 radical (unpaired) electrons. The zero-order valence-electron chi connectivity index (χ0n) is 11.3. The van der Waals surface area contributed by atoms with E-state index in [9.17, 15) is 4.79 Å². The van der Waals surface area contributed by atoms with Gasteiger partial charge in [-0.1, -0.05) is 0 Å². The second-order valence-electron chi connectivity index (χ2n) is 5.12. The van der Waals surface area contributed by atoms with Crippen LogP contribution < -0.4 is 10.6 Å². The molecule has 1 amide bonds. The van der Waals surface area contributed by atoms with Gasteiger partial charge in [-0.15, -0.1) is 11.3 Å². The Morgan fingerprint density at radius 3 is 2.60 bits per heavy atom. The average molecular weight is 287 g/mol. The normalized spacial score (nSPS) is 15.7.